The van der Waals surface area contributed by atoms with Gasteiger partial charge < -0.3 is 15.5 Å². The summed E-state index contributed by atoms with van der Waals surface area (Å²) in [6, 6.07) is 10.1. The third kappa shape index (κ3) is 7.09. The number of thiocarbonyl (C=S) groups is 1. The molecular formula is C16H25N3OS. The molecule has 0 spiro atoms. The Bertz CT molecular complexity index is 468. The molecule has 1 aromatic carbocycles. The summed E-state index contributed by atoms with van der Waals surface area (Å²) in [6.07, 6.45) is 0. The van der Waals surface area contributed by atoms with Crippen molar-refractivity contribution in [2.75, 3.05) is 13.1 Å². The van der Waals surface area contributed by atoms with Gasteiger partial charge in [0.15, 0.2) is 5.11 Å². The van der Waals surface area contributed by atoms with Gasteiger partial charge in [0.2, 0.25) is 5.91 Å². The highest BCUT2D eigenvalue weighted by atomic mass is 32.1. The van der Waals surface area contributed by atoms with E-state index >= 15 is 0 Å². The van der Waals surface area contributed by atoms with Gasteiger partial charge in [-0.15, -0.1) is 0 Å². The molecule has 0 atom stereocenters. The first-order valence-electron chi connectivity index (χ1n) is 7.19. The third-order valence-corrected chi connectivity index (χ3v) is 3.21. The smallest absolute Gasteiger partial charge is 0.240 e. The Labute approximate surface area is 132 Å². The number of likely N-dealkylation sites (N-methyl/N-ethyl adjacent to an activating group) is 1. The van der Waals surface area contributed by atoms with Crippen LogP contribution in [0.2, 0.25) is 0 Å². The van der Waals surface area contributed by atoms with E-state index in [9.17, 15) is 4.79 Å². The van der Waals surface area contributed by atoms with Crippen molar-refractivity contribution in [1.82, 2.24) is 15.5 Å². The summed E-state index contributed by atoms with van der Waals surface area (Å²) in [6.45, 7) is 9.51. The van der Waals surface area contributed by atoms with Crippen molar-refractivity contribution in [2.45, 2.75) is 39.8 Å². The molecular weight excluding hydrogens is 282 g/mol. The number of amides is 1. The summed E-state index contributed by atoms with van der Waals surface area (Å²) in [4.78, 5) is 13.8. The second kappa shape index (κ2) is 7.98. The van der Waals surface area contributed by atoms with Gasteiger partial charge >= 0.3 is 0 Å². The molecule has 21 heavy (non-hydrogen) atoms. The van der Waals surface area contributed by atoms with E-state index < -0.39 is 0 Å². The Morgan fingerprint density at radius 1 is 1.24 bits per heavy atom. The van der Waals surface area contributed by atoms with Crippen LogP contribution in [0.3, 0.4) is 0 Å². The number of nitrogens with zero attached hydrogens (tertiary/aromatic N) is 1. The maximum absolute atomic E-state index is 12.0. The Kier molecular flexibility index (Phi) is 6.62. The first-order valence-corrected chi connectivity index (χ1v) is 7.60. The average Bonchev–Trinajstić information content (AvgIpc) is 2.41. The number of benzene rings is 1. The van der Waals surface area contributed by atoms with Crippen LogP contribution in [0.25, 0.3) is 0 Å². The Balaban J connectivity index is 2.48. The zero-order chi connectivity index (χ0) is 15.9. The van der Waals surface area contributed by atoms with Crippen LogP contribution < -0.4 is 10.6 Å². The van der Waals surface area contributed by atoms with Gasteiger partial charge in [0.05, 0.1) is 6.54 Å². The van der Waals surface area contributed by atoms with E-state index in [1.807, 2.05) is 62.9 Å². The van der Waals surface area contributed by atoms with Crippen molar-refractivity contribution < 1.29 is 4.79 Å². The molecule has 5 heteroatoms. The predicted molar refractivity (Wildman–Crippen MR) is 91.0 cm³/mol. The molecule has 0 unspecified atom stereocenters. The molecule has 1 amide bonds. The van der Waals surface area contributed by atoms with Crippen molar-refractivity contribution in [3.63, 3.8) is 0 Å². The fraction of sp³-hybridized carbons (Fsp3) is 0.500. The van der Waals surface area contributed by atoms with Crippen LogP contribution in [-0.2, 0) is 11.3 Å². The van der Waals surface area contributed by atoms with E-state index in [4.69, 9.17) is 12.2 Å². The standard InChI is InChI=1S/C16H25N3OS/c1-5-19(12-14(20)18-16(2,3)4)15(21)17-11-13-9-7-6-8-10-13/h6-10H,5,11-12H2,1-4H3,(H,17,21)(H,18,20). The maximum atomic E-state index is 12.0. The Morgan fingerprint density at radius 3 is 2.38 bits per heavy atom. The van der Waals surface area contributed by atoms with Crippen LogP contribution in [0.15, 0.2) is 30.3 Å². The van der Waals surface area contributed by atoms with Gasteiger partial charge in [-0.25, -0.2) is 0 Å². The van der Waals surface area contributed by atoms with Crippen LogP contribution in [0.1, 0.15) is 33.3 Å². The molecule has 1 rings (SSSR count). The highest BCUT2D eigenvalue weighted by Gasteiger charge is 2.17. The van der Waals surface area contributed by atoms with Crippen molar-refractivity contribution >= 4 is 23.2 Å². The maximum Gasteiger partial charge on any atom is 0.240 e. The Hall–Kier alpha value is -1.62. The van der Waals surface area contributed by atoms with Crippen molar-refractivity contribution in [3.8, 4) is 0 Å². The molecule has 4 nitrogen and oxygen atoms in total. The number of rotatable bonds is 5. The van der Waals surface area contributed by atoms with Gasteiger partial charge in [-0.3, -0.25) is 4.79 Å². The van der Waals surface area contributed by atoms with E-state index in [2.05, 4.69) is 10.6 Å². The van der Waals surface area contributed by atoms with Crippen LogP contribution in [0.5, 0.6) is 0 Å². The molecule has 0 heterocycles. The minimum absolute atomic E-state index is 0.0202. The van der Waals surface area contributed by atoms with E-state index in [0.717, 1.165) is 5.56 Å². The average molecular weight is 307 g/mol. The summed E-state index contributed by atoms with van der Waals surface area (Å²) in [5, 5.41) is 6.74. The monoisotopic (exact) mass is 307 g/mol. The van der Waals surface area contributed by atoms with E-state index in [1.54, 1.807) is 0 Å². The zero-order valence-electron chi connectivity index (χ0n) is 13.3. The lowest BCUT2D eigenvalue weighted by molar-refractivity contribution is -0.122. The molecule has 0 aliphatic carbocycles. The number of carbonyl (C=O) groups excluding carboxylic acids is 1. The number of nitrogens with one attached hydrogen (secondary N) is 2. The van der Waals surface area contributed by atoms with E-state index in [0.29, 0.717) is 18.2 Å². The second-order valence-electron chi connectivity index (χ2n) is 5.96. The minimum atomic E-state index is -0.227. The molecule has 116 valence electrons. The molecule has 2 N–H and O–H groups in total. The first-order chi connectivity index (χ1) is 9.81. The zero-order valence-corrected chi connectivity index (χ0v) is 14.1. The molecule has 0 aliphatic heterocycles. The summed E-state index contributed by atoms with van der Waals surface area (Å²) in [5.41, 5.74) is 0.935. The number of hydrogen-bond acceptors (Lipinski definition) is 2. The van der Waals surface area contributed by atoms with Gasteiger partial charge in [0.25, 0.3) is 0 Å². The summed E-state index contributed by atoms with van der Waals surface area (Å²) < 4.78 is 0. The molecule has 0 aromatic heterocycles. The minimum Gasteiger partial charge on any atom is -0.358 e. The topological polar surface area (TPSA) is 44.4 Å². The lowest BCUT2D eigenvalue weighted by Crippen LogP contribution is -2.49. The quantitative estimate of drug-likeness (QED) is 0.819. The van der Waals surface area contributed by atoms with Gasteiger partial charge in [-0.1, -0.05) is 30.3 Å². The van der Waals surface area contributed by atoms with Crippen LogP contribution in [0, 0.1) is 0 Å². The third-order valence-electron chi connectivity index (χ3n) is 2.80. The van der Waals surface area contributed by atoms with Crippen molar-refractivity contribution in [1.29, 1.82) is 0 Å². The fourth-order valence-electron chi connectivity index (χ4n) is 1.84. The summed E-state index contributed by atoms with van der Waals surface area (Å²) >= 11 is 5.37. The lowest BCUT2D eigenvalue weighted by atomic mass is 10.1. The van der Waals surface area contributed by atoms with Gasteiger partial charge in [0.1, 0.15) is 0 Å². The predicted octanol–water partition coefficient (Wildman–Crippen LogP) is 2.30. The normalized spacial score (nSPS) is 10.9. The molecule has 0 radical (unpaired) electrons. The van der Waals surface area contributed by atoms with Crippen molar-refractivity contribution in [3.05, 3.63) is 35.9 Å². The van der Waals surface area contributed by atoms with Crippen molar-refractivity contribution in [2.24, 2.45) is 0 Å². The number of carbonyl (C=O) groups is 1. The lowest BCUT2D eigenvalue weighted by Gasteiger charge is -2.27. The molecule has 1 aromatic rings. The molecule has 0 aliphatic rings. The highest BCUT2D eigenvalue weighted by molar-refractivity contribution is 7.80. The second-order valence-corrected chi connectivity index (χ2v) is 6.34. The largest absolute Gasteiger partial charge is 0.358 e. The van der Waals surface area contributed by atoms with Crippen LogP contribution in [0.4, 0.5) is 0 Å². The molecule has 0 saturated heterocycles. The van der Waals surface area contributed by atoms with E-state index in [-0.39, 0.29) is 18.0 Å². The molecule has 0 saturated carbocycles. The Morgan fingerprint density at radius 2 is 1.86 bits per heavy atom. The molecule has 0 bridgehead atoms. The van der Waals surface area contributed by atoms with Crippen LogP contribution >= 0.6 is 12.2 Å². The van der Waals surface area contributed by atoms with E-state index in [1.165, 1.54) is 0 Å². The summed E-state index contributed by atoms with van der Waals surface area (Å²) in [5.74, 6) is -0.0202. The van der Waals surface area contributed by atoms with Crippen LogP contribution in [-0.4, -0.2) is 34.5 Å². The number of hydrogen-bond donors (Lipinski definition) is 2. The molecule has 0 fully saturated rings. The first kappa shape index (κ1) is 17.4. The van der Waals surface area contributed by atoms with Gasteiger partial charge in [-0.2, -0.15) is 0 Å². The van der Waals surface area contributed by atoms with Gasteiger partial charge in [0, 0.05) is 18.6 Å². The van der Waals surface area contributed by atoms with Gasteiger partial charge in [-0.05, 0) is 45.5 Å². The fourth-order valence-corrected chi connectivity index (χ4v) is 2.11. The highest BCUT2D eigenvalue weighted by Crippen LogP contribution is 2.01. The SMILES string of the molecule is CCN(CC(=O)NC(C)(C)C)C(=S)NCc1ccccc1. The summed E-state index contributed by atoms with van der Waals surface area (Å²) in [7, 11) is 0.